The maximum absolute atomic E-state index is 13.3. The molecule has 1 fully saturated rings. The minimum atomic E-state index is -0.369. The molecule has 26 heavy (non-hydrogen) atoms. The van der Waals surface area contributed by atoms with E-state index in [1.807, 2.05) is 6.07 Å². The van der Waals surface area contributed by atoms with Crippen LogP contribution in [0.25, 0.3) is 11.0 Å². The predicted octanol–water partition coefficient (Wildman–Crippen LogP) is 2.80. The fourth-order valence-corrected chi connectivity index (χ4v) is 3.24. The molecule has 0 bridgehead atoms. The number of amides is 1. The Kier molecular flexibility index (Phi) is 4.38. The fourth-order valence-electron chi connectivity index (χ4n) is 3.24. The SMILES string of the molecule is O=C(c1nc2ccc(F)cc2[nH]1)N1CCN(Cc2cccc(F)c2)CC1. The van der Waals surface area contributed by atoms with Gasteiger partial charge in [-0.1, -0.05) is 12.1 Å². The quantitative estimate of drug-likeness (QED) is 0.785. The number of nitrogens with one attached hydrogen (secondary N) is 1. The number of benzene rings is 2. The highest BCUT2D eigenvalue weighted by Crippen LogP contribution is 2.16. The maximum atomic E-state index is 13.3. The van der Waals surface area contributed by atoms with Gasteiger partial charge < -0.3 is 9.88 Å². The van der Waals surface area contributed by atoms with Crippen LogP contribution in [-0.4, -0.2) is 51.9 Å². The van der Waals surface area contributed by atoms with Gasteiger partial charge in [-0.05, 0) is 35.9 Å². The predicted molar refractivity (Wildman–Crippen MR) is 93.6 cm³/mol. The molecule has 1 aliphatic rings. The van der Waals surface area contributed by atoms with E-state index in [4.69, 9.17) is 0 Å². The van der Waals surface area contributed by atoms with E-state index in [9.17, 15) is 13.6 Å². The number of aromatic nitrogens is 2. The third-order valence-corrected chi connectivity index (χ3v) is 4.60. The van der Waals surface area contributed by atoms with Gasteiger partial charge in [-0.15, -0.1) is 0 Å². The smallest absolute Gasteiger partial charge is 0.289 e. The highest BCUT2D eigenvalue weighted by molar-refractivity contribution is 5.94. The summed E-state index contributed by atoms with van der Waals surface area (Å²) in [6.07, 6.45) is 0. The van der Waals surface area contributed by atoms with Gasteiger partial charge in [0.2, 0.25) is 0 Å². The largest absolute Gasteiger partial charge is 0.334 e. The Morgan fingerprint density at radius 2 is 1.81 bits per heavy atom. The normalized spacial score (nSPS) is 15.5. The van der Waals surface area contributed by atoms with Crippen LogP contribution >= 0.6 is 0 Å². The Bertz CT molecular complexity index is 948. The molecule has 1 saturated heterocycles. The van der Waals surface area contributed by atoms with Crippen molar-refractivity contribution in [2.45, 2.75) is 6.54 Å². The van der Waals surface area contributed by atoms with Crippen LogP contribution in [0.15, 0.2) is 42.5 Å². The average Bonchev–Trinajstić information content (AvgIpc) is 3.05. The zero-order valence-corrected chi connectivity index (χ0v) is 14.1. The van der Waals surface area contributed by atoms with Crippen molar-refractivity contribution in [1.29, 1.82) is 0 Å². The molecule has 0 radical (unpaired) electrons. The summed E-state index contributed by atoms with van der Waals surface area (Å²) < 4.78 is 26.6. The second-order valence-corrected chi connectivity index (χ2v) is 6.45. The molecule has 0 spiro atoms. The number of nitrogens with zero attached hydrogens (tertiary/aromatic N) is 3. The zero-order valence-electron chi connectivity index (χ0n) is 14.1. The molecule has 2 heterocycles. The lowest BCUT2D eigenvalue weighted by Crippen LogP contribution is -2.48. The van der Waals surface area contributed by atoms with E-state index in [-0.39, 0.29) is 23.4 Å². The Morgan fingerprint density at radius 3 is 2.58 bits per heavy atom. The first-order valence-corrected chi connectivity index (χ1v) is 8.50. The molecule has 0 atom stereocenters. The summed E-state index contributed by atoms with van der Waals surface area (Å²) in [7, 11) is 0. The van der Waals surface area contributed by atoms with E-state index in [2.05, 4.69) is 14.9 Å². The second kappa shape index (κ2) is 6.84. The number of piperazine rings is 1. The van der Waals surface area contributed by atoms with Crippen LogP contribution < -0.4 is 0 Å². The number of H-pyrrole nitrogens is 1. The molecule has 3 aromatic rings. The first-order chi connectivity index (χ1) is 12.6. The topological polar surface area (TPSA) is 52.2 Å². The van der Waals surface area contributed by atoms with Gasteiger partial charge in [0.15, 0.2) is 5.82 Å². The van der Waals surface area contributed by atoms with E-state index in [0.29, 0.717) is 43.8 Å². The first kappa shape index (κ1) is 16.7. The lowest BCUT2D eigenvalue weighted by Gasteiger charge is -2.34. The molecule has 134 valence electrons. The average molecular weight is 356 g/mol. The van der Waals surface area contributed by atoms with Crippen molar-refractivity contribution < 1.29 is 13.6 Å². The standard InChI is InChI=1S/C19H18F2N4O/c20-14-3-1-2-13(10-14)12-24-6-8-25(9-7-24)19(26)18-22-16-5-4-15(21)11-17(16)23-18/h1-5,10-11H,6-9,12H2,(H,22,23). The van der Waals surface area contributed by atoms with Crippen molar-refractivity contribution in [3.63, 3.8) is 0 Å². The number of carbonyl (C=O) groups is 1. The lowest BCUT2D eigenvalue weighted by molar-refractivity contribution is 0.0618. The summed E-state index contributed by atoms with van der Waals surface area (Å²) >= 11 is 0. The summed E-state index contributed by atoms with van der Waals surface area (Å²) in [5.74, 6) is -0.569. The summed E-state index contributed by atoms with van der Waals surface area (Å²) in [6, 6.07) is 10.8. The van der Waals surface area contributed by atoms with E-state index < -0.39 is 0 Å². The van der Waals surface area contributed by atoms with E-state index in [1.165, 1.54) is 24.3 Å². The fraction of sp³-hybridized carbons (Fsp3) is 0.263. The van der Waals surface area contributed by atoms with Crippen LogP contribution in [0.2, 0.25) is 0 Å². The molecular weight excluding hydrogens is 338 g/mol. The number of hydrogen-bond acceptors (Lipinski definition) is 3. The Labute approximate surface area is 149 Å². The zero-order chi connectivity index (χ0) is 18.1. The summed E-state index contributed by atoms with van der Waals surface area (Å²) in [6.45, 7) is 3.21. The highest BCUT2D eigenvalue weighted by Gasteiger charge is 2.24. The highest BCUT2D eigenvalue weighted by atomic mass is 19.1. The van der Waals surface area contributed by atoms with Crippen LogP contribution in [0.4, 0.5) is 8.78 Å². The van der Waals surface area contributed by atoms with Gasteiger partial charge in [0.05, 0.1) is 11.0 Å². The molecule has 7 heteroatoms. The van der Waals surface area contributed by atoms with Gasteiger partial charge in [0.25, 0.3) is 5.91 Å². The number of rotatable bonds is 3. The molecule has 4 rings (SSSR count). The Hall–Kier alpha value is -2.80. The number of imidazole rings is 1. The summed E-state index contributed by atoms with van der Waals surface area (Å²) in [5.41, 5.74) is 2.00. The van der Waals surface area contributed by atoms with Crippen LogP contribution in [0, 0.1) is 11.6 Å². The van der Waals surface area contributed by atoms with Gasteiger partial charge in [-0.2, -0.15) is 0 Å². The number of fused-ring (bicyclic) bond motifs is 1. The number of halogens is 2. The van der Waals surface area contributed by atoms with Crippen molar-refractivity contribution in [1.82, 2.24) is 19.8 Å². The molecule has 1 N–H and O–H groups in total. The van der Waals surface area contributed by atoms with Crippen molar-refractivity contribution in [3.05, 3.63) is 65.5 Å². The molecule has 5 nitrogen and oxygen atoms in total. The third kappa shape index (κ3) is 3.43. The van der Waals surface area contributed by atoms with Crippen LogP contribution in [0.3, 0.4) is 0 Å². The monoisotopic (exact) mass is 356 g/mol. The number of hydrogen-bond donors (Lipinski definition) is 1. The second-order valence-electron chi connectivity index (χ2n) is 6.45. The molecule has 0 aliphatic carbocycles. The molecule has 1 aromatic heterocycles. The maximum Gasteiger partial charge on any atom is 0.289 e. The summed E-state index contributed by atoms with van der Waals surface area (Å²) in [4.78, 5) is 23.7. The van der Waals surface area contributed by atoms with Crippen LogP contribution in [-0.2, 0) is 6.54 Å². The Morgan fingerprint density at radius 1 is 1.04 bits per heavy atom. The van der Waals surface area contributed by atoms with Gasteiger partial charge in [-0.3, -0.25) is 9.69 Å². The van der Waals surface area contributed by atoms with Gasteiger partial charge in [0, 0.05) is 32.7 Å². The number of aromatic amines is 1. The number of carbonyl (C=O) groups excluding carboxylic acids is 1. The molecule has 0 saturated carbocycles. The van der Waals surface area contributed by atoms with E-state index in [0.717, 1.165) is 5.56 Å². The van der Waals surface area contributed by atoms with Crippen molar-refractivity contribution in [2.75, 3.05) is 26.2 Å². The van der Waals surface area contributed by atoms with Crippen LogP contribution in [0.1, 0.15) is 16.2 Å². The van der Waals surface area contributed by atoms with Gasteiger partial charge in [-0.25, -0.2) is 13.8 Å². The molecule has 0 unspecified atom stereocenters. The minimum absolute atomic E-state index is 0.188. The molecule has 1 aliphatic heterocycles. The molecule has 2 aromatic carbocycles. The lowest BCUT2D eigenvalue weighted by atomic mass is 10.2. The van der Waals surface area contributed by atoms with Crippen molar-refractivity contribution >= 4 is 16.9 Å². The van der Waals surface area contributed by atoms with Crippen LogP contribution in [0.5, 0.6) is 0 Å². The molecular formula is C19H18F2N4O. The van der Waals surface area contributed by atoms with E-state index >= 15 is 0 Å². The van der Waals surface area contributed by atoms with Gasteiger partial charge in [0.1, 0.15) is 11.6 Å². The summed E-state index contributed by atoms with van der Waals surface area (Å²) in [5, 5.41) is 0. The van der Waals surface area contributed by atoms with E-state index in [1.54, 1.807) is 17.0 Å². The van der Waals surface area contributed by atoms with Crippen molar-refractivity contribution in [3.8, 4) is 0 Å². The van der Waals surface area contributed by atoms with Crippen molar-refractivity contribution in [2.24, 2.45) is 0 Å². The minimum Gasteiger partial charge on any atom is -0.334 e. The molecule has 1 amide bonds. The first-order valence-electron chi connectivity index (χ1n) is 8.50. The third-order valence-electron chi connectivity index (χ3n) is 4.60. The Balaban J connectivity index is 1.39. The van der Waals surface area contributed by atoms with Gasteiger partial charge >= 0.3 is 0 Å².